The highest BCUT2D eigenvalue weighted by Gasteiger charge is 2.16. The molecule has 0 bridgehead atoms. The topological polar surface area (TPSA) is 32.3 Å². The van der Waals surface area contributed by atoms with Crippen molar-refractivity contribution in [1.29, 1.82) is 0 Å². The SMILES string of the molecule is OCC(Nc1ccccc1Br)c1cc(Br)ccc1F. The number of aliphatic hydroxyl groups excluding tert-OH is 1. The maximum atomic E-state index is 13.8. The van der Waals surface area contributed by atoms with Gasteiger partial charge in [-0.15, -0.1) is 0 Å². The lowest BCUT2D eigenvalue weighted by atomic mass is 10.1. The van der Waals surface area contributed by atoms with E-state index in [1.165, 1.54) is 6.07 Å². The summed E-state index contributed by atoms with van der Waals surface area (Å²) >= 11 is 6.72. The fourth-order valence-corrected chi connectivity index (χ4v) is 2.55. The minimum atomic E-state index is -0.504. The minimum absolute atomic E-state index is 0.200. The van der Waals surface area contributed by atoms with Crippen LogP contribution in [0.5, 0.6) is 0 Å². The summed E-state index contributed by atoms with van der Waals surface area (Å²) in [7, 11) is 0. The van der Waals surface area contributed by atoms with E-state index in [0.717, 1.165) is 14.6 Å². The van der Waals surface area contributed by atoms with Gasteiger partial charge in [0.25, 0.3) is 0 Å². The molecule has 0 amide bonds. The third-order valence-corrected chi connectivity index (χ3v) is 3.90. The Balaban J connectivity index is 2.30. The lowest BCUT2D eigenvalue weighted by Crippen LogP contribution is -2.16. The number of anilines is 1. The molecule has 0 heterocycles. The number of para-hydroxylation sites is 1. The van der Waals surface area contributed by atoms with Gasteiger partial charge in [-0.2, -0.15) is 0 Å². The second-order valence-electron chi connectivity index (χ2n) is 4.03. The molecule has 0 saturated carbocycles. The van der Waals surface area contributed by atoms with Crippen LogP contribution < -0.4 is 5.32 Å². The summed E-state index contributed by atoms with van der Waals surface area (Å²) in [4.78, 5) is 0. The maximum Gasteiger partial charge on any atom is 0.128 e. The van der Waals surface area contributed by atoms with Crippen LogP contribution in [0.2, 0.25) is 0 Å². The zero-order valence-corrected chi connectivity index (χ0v) is 13.1. The third kappa shape index (κ3) is 3.55. The summed E-state index contributed by atoms with van der Waals surface area (Å²) in [5.74, 6) is -0.346. The standard InChI is InChI=1S/C14H12Br2FNO/c15-9-5-6-12(17)10(7-9)14(8-19)18-13-4-2-1-3-11(13)16/h1-7,14,18-19H,8H2. The molecule has 0 aromatic heterocycles. The molecular weight excluding hydrogens is 377 g/mol. The fraction of sp³-hybridized carbons (Fsp3) is 0.143. The molecule has 0 saturated heterocycles. The number of aliphatic hydroxyl groups is 1. The van der Waals surface area contributed by atoms with Crippen LogP contribution in [0.4, 0.5) is 10.1 Å². The molecule has 2 aromatic rings. The minimum Gasteiger partial charge on any atom is -0.394 e. The van der Waals surface area contributed by atoms with Crippen LogP contribution in [0, 0.1) is 5.82 Å². The van der Waals surface area contributed by atoms with E-state index in [4.69, 9.17) is 0 Å². The molecule has 0 aliphatic rings. The Labute approximate surface area is 127 Å². The van der Waals surface area contributed by atoms with E-state index in [1.54, 1.807) is 12.1 Å². The van der Waals surface area contributed by atoms with Gasteiger partial charge < -0.3 is 10.4 Å². The molecule has 2 nitrogen and oxygen atoms in total. The van der Waals surface area contributed by atoms with Gasteiger partial charge in [-0.1, -0.05) is 28.1 Å². The monoisotopic (exact) mass is 387 g/mol. The second kappa shape index (κ2) is 6.50. The van der Waals surface area contributed by atoms with Crippen molar-refractivity contribution in [3.05, 3.63) is 62.8 Å². The Morgan fingerprint density at radius 2 is 1.89 bits per heavy atom. The highest BCUT2D eigenvalue weighted by Crippen LogP contribution is 2.28. The van der Waals surface area contributed by atoms with Crippen molar-refractivity contribution >= 4 is 37.5 Å². The van der Waals surface area contributed by atoms with Crippen molar-refractivity contribution in [2.75, 3.05) is 11.9 Å². The van der Waals surface area contributed by atoms with Crippen molar-refractivity contribution in [2.24, 2.45) is 0 Å². The summed E-state index contributed by atoms with van der Waals surface area (Å²) in [5.41, 5.74) is 1.23. The van der Waals surface area contributed by atoms with E-state index in [-0.39, 0.29) is 12.4 Å². The van der Waals surface area contributed by atoms with Gasteiger partial charge in [0, 0.05) is 20.2 Å². The van der Waals surface area contributed by atoms with Gasteiger partial charge >= 0.3 is 0 Å². The van der Waals surface area contributed by atoms with Crippen molar-refractivity contribution in [2.45, 2.75) is 6.04 Å². The fourth-order valence-electron chi connectivity index (χ4n) is 1.77. The molecule has 2 rings (SSSR count). The van der Waals surface area contributed by atoms with Crippen molar-refractivity contribution in [1.82, 2.24) is 0 Å². The molecule has 19 heavy (non-hydrogen) atoms. The Hall–Kier alpha value is -0.910. The van der Waals surface area contributed by atoms with E-state index in [9.17, 15) is 9.50 Å². The van der Waals surface area contributed by atoms with Crippen LogP contribution in [-0.4, -0.2) is 11.7 Å². The largest absolute Gasteiger partial charge is 0.394 e. The molecule has 0 radical (unpaired) electrons. The van der Waals surface area contributed by atoms with Gasteiger partial charge in [0.05, 0.1) is 12.6 Å². The van der Waals surface area contributed by atoms with E-state index >= 15 is 0 Å². The van der Waals surface area contributed by atoms with E-state index in [1.807, 2.05) is 24.3 Å². The first-order valence-corrected chi connectivity index (χ1v) is 7.27. The smallest absolute Gasteiger partial charge is 0.128 e. The molecule has 1 unspecified atom stereocenters. The molecule has 100 valence electrons. The normalized spacial score (nSPS) is 12.2. The maximum absolute atomic E-state index is 13.8. The highest BCUT2D eigenvalue weighted by atomic mass is 79.9. The zero-order valence-electron chi connectivity index (χ0n) is 9.91. The summed E-state index contributed by atoms with van der Waals surface area (Å²) in [6.07, 6.45) is 0. The van der Waals surface area contributed by atoms with E-state index in [0.29, 0.717) is 5.56 Å². The predicted octanol–water partition coefficient (Wildman–Crippen LogP) is 4.50. The molecule has 0 aliphatic carbocycles. The first kappa shape index (κ1) is 14.5. The molecule has 0 spiro atoms. The van der Waals surface area contributed by atoms with Gasteiger partial charge in [0.1, 0.15) is 5.82 Å². The zero-order chi connectivity index (χ0) is 13.8. The van der Waals surface area contributed by atoms with Gasteiger partial charge in [-0.25, -0.2) is 4.39 Å². The van der Waals surface area contributed by atoms with Crippen molar-refractivity contribution < 1.29 is 9.50 Å². The van der Waals surface area contributed by atoms with Crippen LogP contribution in [-0.2, 0) is 0 Å². The first-order valence-electron chi connectivity index (χ1n) is 5.68. The lowest BCUT2D eigenvalue weighted by Gasteiger charge is -2.19. The summed E-state index contributed by atoms with van der Waals surface area (Å²) in [6.45, 7) is -0.200. The van der Waals surface area contributed by atoms with Crippen LogP contribution in [0.3, 0.4) is 0 Å². The molecule has 5 heteroatoms. The number of hydrogen-bond donors (Lipinski definition) is 2. The number of halogens is 3. The molecule has 1 atom stereocenters. The molecule has 2 aromatic carbocycles. The van der Waals surface area contributed by atoms with Gasteiger partial charge in [0.15, 0.2) is 0 Å². The Kier molecular flexibility index (Phi) is 4.96. The quantitative estimate of drug-likeness (QED) is 0.808. The van der Waals surface area contributed by atoms with E-state index < -0.39 is 6.04 Å². The number of rotatable bonds is 4. The average molecular weight is 389 g/mol. The molecule has 0 aliphatic heterocycles. The molecule has 0 fully saturated rings. The second-order valence-corrected chi connectivity index (χ2v) is 5.80. The van der Waals surface area contributed by atoms with Gasteiger partial charge in [-0.05, 0) is 46.3 Å². The molecule has 2 N–H and O–H groups in total. The summed E-state index contributed by atoms with van der Waals surface area (Å²) < 4.78 is 15.5. The van der Waals surface area contributed by atoms with Crippen LogP contribution in [0.15, 0.2) is 51.4 Å². The van der Waals surface area contributed by atoms with Crippen LogP contribution >= 0.6 is 31.9 Å². The molecular formula is C14H12Br2FNO. The third-order valence-electron chi connectivity index (χ3n) is 2.72. The highest BCUT2D eigenvalue weighted by molar-refractivity contribution is 9.10. The Bertz CT molecular complexity index is 577. The number of hydrogen-bond acceptors (Lipinski definition) is 2. The van der Waals surface area contributed by atoms with Crippen molar-refractivity contribution in [3.63, 3.8) is 0 Å². The number of nitrogens with one attached hydrogen (secondary N) is 1. The number of benzene rings is 2. The van der Waals surface area contributed by atoms with Crippen molar-refractivity contribution in [3.8, 4) is 0 Å². The summed E-state index contributed by atoms with van der Waals surface area (Å²) in [5, 5.41) is 12.6. The van der Waals surface area contributed by atoms with E-state index in [2.05, 4.69) is 37.2 Å². The van der Waals surface area contributed by atoms with Gasteiger partial charge in [0.2, 0.25) is 0 Å². The summed E-state index contributed by atoms with van der Waals surface area (Å²) in [6, 6.07) is 11.7. The predicted molar refractivity (Wildman–Crippen MR) is 81.7 cm³/mol. The first-order chi connectivity index (χ1) is 9.11. The Morgan fingerprint density at radius 1 is 1.16 bits per heavy atom. The van der Waals surface area contributed by atoms with Gasteiger partial charge in [-0.3, -0.25) is 0 Å². The average Bonchev–Trinajstić information content (AvgIpc) is 2.41. The van der Waals surface area contributed by atoms with Crippen LogP contribution in [0.25, 0.3) is 0 Å². The lowest BCUT2D eigenvalue weighted by molar-refractivity contribution is 0.274. The Morgan fingerprint density at radius 3 is 2.58 bits per heavy atom. The van der Waals surface area contributed by atoms with Crippen LogP contribution in [0.1, 0.15) is 11.6 Å².